The van der Waals surface area contributed by atoms with Crippen LogP contribution in [0.5, 0.6) is 0 Å². The van der Waals surface area contributed by atoms with Gasteiger partial charge in [-0.05, 0) is 52.4 Å². The molecule has 8 rings (SSSR count). The standard InChI is InChI=1S/C23H20F3N5O7S.C23H22F3N5O5S.2C2H4O2/c1-11(32)36-10-19-23(37-12(2)33)18(8-21(38-19)39-14-3-4-27-20(7-14)31(34)35)30-9-17(28-29-30)13-5-15(24)22(26)16(25)6-13;1-11(32)34-10-19-23(35-12(2)33)18(8-21(36-19)37-14-3-4-28-20(27)7-14)31-9-17(29-30-31)13-5-15(24)22(26)16(25)6-13;2*1-2(3)4/h3-7,9,18-19,21,23H,8,10H2,1-2H3;3-7,9,18-19,21,23H,8,10H2,1-2H3,(H2,27,28);2*1H3,(H,3,4)/t2*18-,19?,21-,23-;;/m11../s1. The van der Waals surface area contributed by atoms with Crippen molar-refractivity contribution in [2.45, 2.75) is 112 Å². The van der Waals surface area contributed by atoms with Crippen LogP contribution in [0.3, 0.4) is 0 Å². The van der Waals surface area contributed by atoms with Gasteiger partial charge in [0.2, 0.25) is 0 Å². The van der Waals surface area contributed by atoms with Gasteiger partial charge in [-0.2, -0.15) is 0 Å². The van der Waals surface area contributed by atoms with Gasteiger partial charge in [0.15, 0.2) is 47.1 Å². The first-order chi connectivity index (χ1) is 39.6. The fourth-order valence-corrected chi connectivity index (χ4v) is 10.0. The Hall–Kier alpha value is -8.76. The van der Waals surface area contributed by atoms with Gasteiger partial charge in [-0.25, -0.2) is 40.7 Å². The zero-order chi connectivity index (χ0) is 62.1. The number of carboxylic acids is 2. The maximum atomic E-state index is 13.8. The third-order valence-corrected chi connectivity index (χ3v) is 13.2. The second-order valence-electron chi connectivity index (χ2n) is 17.5. The Balaban J connectivity index is 0.000000273. The SMILES string of the molecule is CC(=O)O.CC(=O)O.CC(=O)OCC1O[C@H](Sc2ccnc(N)c2)C[C@@H](n2cc(-c3cc(F)c(F)c(F)c3)nn2)[C@H]1OC(C)=O.CC(=O)OCC1O[C@H](Sc2ccnc([N+](=O)[O-])c2)C[C@@H](n2cc(-c3cc(F)c(F)c(F)c3)nn2)[C@H]1OC(C)=O. The molecule has 2 saturated heterocycles. The number of hydrogen-bond acceptors (Lipinski definition) is 23. The summed E-state index contributed by atoms with van der Waals surface area (Å²) >= 11 is 2.43. The molecule has 0 saturated carbocycles. The van der Waals surface area contributed by atoms with E-state index in [9.17, 15) is 55.6 Å². The van der Waals surface area contributed by atoms with Crippen molar-refractivity contribution >= 4 is 71.0 Å². The zero-order valence-corrected chi connectivity index (χ0v) is 46.3. The van der Waals surface area contributed by atoms with Crippen LogP contribution < -0.4 is 5.73 Å². The predicted molar refractivity (Wildman–Crippen MR) is 278 cm³/mol. The number of carbonyl (C=O) groups excluding carboxylic acids is 4. The number of rotatable bonds is 15. The second kappa shape index (κ2) is 30.5. The van der Waals surface area contributed by atoms with Gasteiger partial charge in [0.05, 0.1) is 24.5 Å². The van der Waals surface area contributed by atoms with E-state index >= 15 is 0 Å². The van der Waals surface area contributed by atoms with Crippen molar-refractivity contribution < 1.29 is 98.7 Å². The van der Waals surface area contributed by atoms with Gasteiger partial charge >= 0.3 is 29.7 Å². The van der Waals surface area contributed by atoms with E-state index in [1.165, 1.54) is 73.5 Å². The second-order valence-corrected chi connectivity index (χ2v) is 20.0. The molecule has 2 unspecified atom stereocenters. The molecular formula is C50H50F6N10O16S2. The van der Waals surface area contributed by atoms with Crippen LogP contribution in [0.25, 0.3) is 22.5 Å². The minimum atomic E-state index is -1.63. The van der Waals surface area contributed by atoms with E-state index in [2.05, 4.69) is 30.6 Å². The van der Waals surface area contributed by atoms with E-state index in [0.29, 0.717) is 10.7 Å². The number of carboxylic acid groups (broad SMARTS) is 2. The quantitative estimate of drug-likeness (QED) is 0.0231. The smallest absolute Gasteiger partial charge is 0.364 e. The lowest BCUT2D eigenvalue weighted by atomic mass is 9.99. The van der Waals surface area contributed by atoms with Gasteiger partial charge in [0.25, 0.3) is 11.9 Å². The molecule has 0 bridgehead atoms. The van der Waals surface area contributed by atoms with Crippen molar-refractivity contribution in [1.29, 1.82) is 0 Å². The van der Waals surface area contributed by atoms with Crippen LogP contribution in [-0.4, -0.2) is 139 Å². The number of nitro groups is 1. The summed E-state index contributed by atoms with van der Waals surface area (Å²) in [5.74, 6) is -13.0. The number of hydrogen-bond donors (Lipinski definition) is 3. The van der Waals surface area contributed by atoms with Crippen molar-refractivity contribution in [2.24, 2.45) is 0 Å². The number of halogens is 6. The third kappa shape index (κ3) is 19.7. The Morgan fingerprint density at radius 1 is 0.631 bits per heavy atom. The number of pyridine rings is 2. The monoisotopic (exact) mass is 1220 g/mol. The number of benzene rings is 2. The van der Waals surface area contributed by atoms with E-state index in [4.69, 9.17) is 54.0 Å². The molecule has 84 heavy (non-hydrogen) atoms. The molecule has 8 atom stereocenters. The Bertz CT molecular complexity index is 3280. The minimum Gasteiger partial charge on any atom is -0.481 e. The normalized spacial score (nSPS) is 19.7. The first kappa shape index (κ1) is 66.0. The van der Waals surface area contributed by atoms with Gasteiger partial charge in [-0.15, -0.1) is 10.2 Å². The highest BCUT2D eigenvalue weighted by atomic mass is 32.2. The highest BCUT2D eigenvalue weighted by molar-refractivity contribution is 8.00. The van der Waals surface area contributed by atoms with E-state index in [0.717, 1.165) is 54.8 Å². The van der Waals surface area contributed by atoms with Crippen LogP contribution in [-0.2, 0) is 57.2 Å². The highest BCUT2D eigenvalue weighted by Crippen LogP contribution is 2.42. The number of ether oxygens (including phenoxy) is 6. The lowest BCUT2D eigenvalue weighted by Crippen LogP contribution is -2.49. The summed E-state index contributed by atoms with van der Waals surface area (Å²) in [6.45, 7) is 6.47. The first-order valence-electron chi connectivity index (χ1n) is 24.2. The lowest BCUT2D eigenvalue weighted by molar-refractivity contribution is -0.389. The molecular weight excluding hydrogens is 1170 g/mol. The van der Waals surface area contributed by atoms with Crippen molar-refractivity contribution in [3.8, 4) is 22.5 Å². The van der Waals surface area contributed by atoms with Crippen LogP contribution in [0.2, 0.25) is 0 Å². The lowest BCUT2D eigenvalue weighted by Gasteiger charge is -2.40. The van der Waals surface area contributed by atoms with Crippen LogP contribution in [0, 0.1) is 45.0 Å². The van der Waals surface area contributed by atoms with Crippen LogP contribution in [0.4, 0.5) is 38.0 Å². The fraction of sp³-hybridized carbons (Fsp3) is 0.360. The maximum absolute atomic E-state index is 13.8. The van der Waals surface area contributed by atoms with Crippen molar-refractivity contribution in [2.75, 3.05) is 18.9 Å². The molecule has 2 fully saturated rings. The van der Waals surface area contributed by atoms with E-state index in [-0.39, 0.29) is 54.4 Å². The molecule has 450 valence electrons. The molecule has 0 radical (unpaired) electrons. The minimum absolute atomic E-state index is 0.00589. The first-order valence-corrected chi connectivity index (χ1v) is 25.9. The maximum Gasteiger partial charge on any atom is 0.364 e. The number of aromatic nitrogens is 8. The summed E-state index contributed by atoms with van der Waals surface area (Å²) in [6.07, 6.45) is 2.05. The number of anilines is 1. The molecule has 2 aliphatic rings. The van der Waals surface area contributed by atoms with Crippen molar-refractivity contribution in [3.63, 3.8) is 0 Å². The zero-order valence-electron chi connectivity index (χ0n) is 44.7. The Kier molecular flexibility index (Phi) is 24.0. The van der Waals surface area contributed by atoms with Crippen LogP contribution >= 0.6 is 23.5 Å². The van der Waals surface area contributed by atoms with E-state index in [1.54, 1.807) is 24.4 Å². The average molecular weight is 1230 g/mol. The number of carbonyl (C=O) groups is 6. The summed E-state index contributed by atoms with van der Waals surface area (Å²) in [6, 6.07) is 7.87. The molecule has 4 N–H and O–H groups in total. The third-order valence-electron chi connectivity index (χ3n) is 11.0. The van der Waals surface area contributed by atoms with Crippen LogP contribution in [0.1, 0.15) is 66.5 Å². The molecule has 0 amide bonds. The molecule has 34 heteroatoms. The van der Waals surface area contributed by atoms with Gasteiger partial charge in [0, 0.05) is 87.6 Å². The molecule has 0 spiro atoms. The predicted octanol–water partition coefficient (Wildman–Crippen LogP) is 7.07. The average Bonchev–Trinajstić information content (AvgIpc) is 2.64. The largest absolute Gasteiger partial charge is 0.481 e. The number of thioether (sulfide) groups is 2. The Labute approximate surface area is 479 Å². The molecule has 26 nitrogen and oxygen atoms in total. The number of esters is 4. The summed E-state index contributed by atoms with van der Waals surface area (Å²) in [7, 11) is 0. The number of nitrogens with zero attached hydrogens (tertiary/aromatic N) is 9. The number of nitrogens with two attached hydrogens (primary N) is 1. The fourth-order valence-electron chi connectivity index (χ4n) is 7.77. The molecule has 2 aliphatic heterocycles. The summed E-state index contributed by atoms with van der Waals surface area (Å²) in [5, 5.41) is 42.0. The van der Waals surface area contributed by atoms with Gasteiger partial charge in [-0.3, -0.25) is 28.8 Å². The number of aliphatic carboxylic acids is 2. The summed E-state index contributed by atoms with van der Waals surface area (Å²) in [5.41, 5.74) is 4.48. The molecule has 2 aromatic carbocycles. The van der Waals surface area contributed by atoms with Crippen molar-refractivity contribution in [1.82, 2.24) is 40.0 Å². The van der Waals surface area contributed by atoms with Crippen molar-refractivity contribution in [3.05, 3.63) is 118 Å². The Morgan fingerprint density at radius 2 is 1.00 bits per heavy atom. The summed E-state index contributed by atoms with van der Waals surface area (Å²) in [4.78, 5) is 84.2. The van der Waals surface area contributed by atoms with Gasteiger partial charge in [-0.1, -0.05) is 34.0 Å². The van der Waals surface area contributed by atoms with Gasteiger partial charge < -0.3 is 54.5 Å². The highest BCUT2D eigenvalue weighted by Gasteiger charge is 2.45. The number of nitrogen functional groups attached to an aromatic ring is 1. The topological polar surface area (TPSA) is 355 Å². The van der Waals surface area contributed by atoms with E-state index in [1.807, 2.05) is 0 Å². The van der Waals surface area contributed by atoms with Crippen LogP contribution in [0.15, 0.2) is 83.1 Å². The molecule has 0 aliphatic carbocycles. The molecule has 6 heterocycles. The Morgan fingerprint density at radius 3 is 1.35 bits per heavy atom. The van der Waals surface area contributed by atoms with E-state index < -0.39 is 123 Å². The molecule has 4 aromatic heterocycles. The molecule has 6 aromatic rings. The summed E-state index contributed by atoms with van der Waals surface area (Å²) < 4.78 is 118. The van der Waals surface area contributed by atoms with Gasteiger partial charge in [0.1, 0.15) is 59.7 Å².